The highest BCUT2D eigenvalue weighted by molar-refractivity contribution is 9.10. The van der Waals surface area contributed by atoms with Gasteiger partial charge in [0.1, 0.15) is 5.75 Å². The Kier molecular flexibility index (Phi) is 4.74. The molecule has 0 bridgehead atoms. The largest absolute Gasteiger partial charge is 0.497 e. The smallest absolute Gasteiger partial charge is 0.119 e. The Morgan fingerprint density at radius 3 is 2.43 bits per heavy atom. The van der Waals surface area contributed by atoms with E-state index in [9.17, 15) is 5.11 Å². The van der Waals surface area contributed by atoms with E-state index in [0.717, 1.165) is 21.3 Å². The molecule has 1 atom stereocenters. The normalized spacial score (nSPS) is 13.8. The van der Waals surface area contributed by atoms with Gasteiger partial charge in [-0.25, -0.2) is 0 Å². The number of aliphatic hydroxyl groups is 1. The van der Waals surface area contributed by atoms with Crippen LogP contribution < -0.4 is 4.74 Å². The van der Waals surface area contributed by atoms with E-state index < -0.39 is 5.60 Å². The highest BCUT2D eigenvalue weighted by atomic mass is 79.9. The lowest BCUT2D eigenvalue weighted by Crippen LogP contribution is -2.24. The second-order valence-corrected chi connectivity index (χ2v) is 6.56. The predicted molar refractivity (Wildman–Crippen MR) is 89.9 cm³/mol. The van der Waals surface area contributed by atoms with E-state index in [0.29, 0.717) is 6.42 Å². The predicted octanol–water partition coefficient (Wildman–Crippen LogP) is 4.52. The molecule has 2 aromatic carbocycles. The Bertz CT molecular complexity index is 648. The molecule has 0 heterocycles. The molecule has 0 aliphatic heterocycles. The average Bonchev–Trinajstić information content (AvgIpc) is 2.44. The molecule has 0 saturated heterocycles. The second kappa shape index (κ2) is 6.20. The average molecular weight is 349 g/mol. The van der Waals surface area contributed by atoms with Gasteiger partial charge in [-0.05, 0) is 61.2 Å². The SMILES string of the molecule is COc1ccc(Br)c(CC(C)(O)c2ccc(C)c(C)c2)c1. The summed E-state index contributed by atoms with van der Waals surface area (Å²) in [5.41, 5.74) is 3.46. The van der Waals surface area contributed by atoms with E-state index in [1.807, 2.05) is 31.2 Å². The van der Waals surface area contributed by atoms with Crippen molar-refractivity contribution in [1.29, 1.82) is 0 Å². The molecule has 2 rings (SSSR count). The molecule has 3 heteroatoms. The first-order valence-corrected chi connectivity index (χ1v) is 7.75. The second-order valence-electron chi connectivity index (χ2n) is 5.71. The van der Waals surface area contributed by atoms with Crippen LogP contribution in [0.5, 0.6) is 5.75 Å². The number of halogens is 1. The summed E-state index contributed by atoms with van der Waals surface area (Å²) in [4.78, 5) is 0. The third-order valence-corrected chi connectivity index (χ3v) is 4.69. The number of hydrogen-bond donors (Lipinski definition) is 1. The first-order chi connectivity index (χ1) is 9.83. The summed E-state index contributed by atoms with van der Waals surface area (Å²) >= 11 is 3.54. The fraction of sp³-hybridized carbons (Fsp3) is 0.333. The lowest BCUT2D eigenvalue weighted by Gasteiger charge is -2.25. The van der Waals surface area contributed by atoms with E-state index in [-0.39, 0.29) is 0 Å². The van der Waals surface area contributed by atoms with Crippen molar-refractivity contribution in [2.45, 2.75) is 32.8 Å². The minimum atomic E-state index is -0.923. The molecule has 21 heavy (non-hydrogen) atoms. The van der Waals surface area contributed by atoms with Crippen LogP contribution in [0.1, 0.15) is 29.2 Å². The molecule has 0 spiro atoms. The van der Waals surface area contributed by atoms with E-state index in [4.69, 9.17) is 4.74 Å². The molecule has 0 saturated carbocycles. The summed E-state index contributed by atoms with van der Waals surface area (Å²) < 4.78 is 6.24. The quantitative estimate of drug-likeness (QED) is 0.879. The minimum absolute atomic E-state index is 0.521. The first kappa shape index (κ1) is 16.1. The van der Waals surface area contributed by atoms with Crippen molar-refractivity contribution in [3.05, 3.63) is 63.1 Å². The van der Waals surface area contributed by atoms with Crippen molar-refractivity contribution in [3.63, 3.8) is 0 Å². The van der Waals surface area contributed by atoms with Crippen LogP contribution in [-0.4, -0.2) is 12.2 Å². The highest BCUT2D eigenvalue weighted by Crippen LogP contribution is 2.31. The van der Waals surface area contributed by atoms with Gasteiger partial charge in [0.05, 0.1) is 12.7 Å². The Balaban J connectivity index is 2.34. The van der Waals surface area contributed by atoms with Crippen LogP contribution in [0, 0.1) is 13.8 Å². The van der Waals surface area contributed by atoms with Crippen LogP contribution in [0.4, 0.5) is 0 Å². The summed E-state index contributed by atoms with van der Waals surface area (Å²) in [5.74, 6) is 0.795. The molecule has 2 aromatic rings. The summed E-state index contributed by atoms with van der Waals surface area (Å²) in [5, 5.41) is 10.9. The number of hydrogen-bond acceptors (Lipinski definition) is 2. The molecule has 0 radical (unpaired) electrons. The van der Waals surface area contributed by atoms with Gasteiger partial charge in [-0.15, -0.1) is 0 Å². The fourth-order valence-corrected chi connectivity index (χ4v) is 2.75. The van der Waals surface area contributed by atoms with Crippen molar-refractivity contribution in [2.24, 2.45) is 0 Å². The minimum Gasteiger partial charge on any atom is -0.497 e. The molecule has 2 nitrogen and oxygen atoms in total. The van der Waals surface area contributed by atoms with E-state index >= 15 is 0 Å². The molecule has 0 aliphatic rings. The maximum Gasteiger partial charge on any atom is 0.119 e. The molecule has 0 amide bonds. The Morgan fingerprint density at radius 2 is 1.81 bits per heavy atom. The summed E-state index contributed by atoms with van der Waals surface area (Å²) in [7, 11) is 1.65. The molecule has 1 N–H and O–H groups in total. The van der Waals surface area contributed by atoms with Gasteiger partial charge in [-0.3, -0.25) is 0 Å². The van der Waals surface area contributed by atoms with E-state index in [1.54, 1.807) is 7.11 Å². The number of aryl methyl sites for hydroxylation is 2. The highest BCUT2D eigenvalue weighted by Gasteiger charge is 2.25. The molecule has 1 unspecified atom stereocenters. The first-order valence-electron chi connectivity index (χ1n) is 6.96. The van der Waals surface area contributed by atoms with Gasteiger partial charge >= 0.3 is 0 Å². The van der Waals surface area contributed by atoms with Crippen LogP contribution in [0.2, 0.25) is 0 Å². The number of ether oxygens (including phenoxy) is 1. The molecular weight excluding hydrogens is 328 g/mol. The van der Waals surface area contributed by atoms with Crippen LogP contribution in [0.3, 0.4) is 0 Å². The van der Waals surface area contributed by atoms with Crippen LogP contribution in [0.15, 0.2) is 40.9 Å². The Morgan fingerprint density at radius 1 is 1.10 bits per heavy atom. The Hall–Kier alpha value is -1.32. The molecule has 0 aromatic heterocycles. The van der Waals surface area contributed by atoms with E-state index in [1.165, 1.54) is 11.1 Å². The van der Waals surface area contributed by atoms with Crippen molar-refractivity contribution in [3.8, 4) is 5.75 Å². The van der Waals surface area contributed by atoms with Crippen LogP contribution in [-0.2, 0) is 12.0 Å². The van der Waals surface area contributed by atoms with Gasteiger partial charge in [-0.1, -0.05) is 34.1 Å². The van der Waals surface area contributed by atoms with Gasteiger partial charge in [0.25, 0.3) is 0 Å². The molecule has 112 valence electrons. The van der Waals surface area contributed by atoms with Gasteiger partial charge in [0, 0.05) is 10.9 Å². The summed E-state index contributed by atoms with van der Waals surface area (Å²) in [6.07, 6.45) is 0.521. The van der Waals surface area contributed by atoms with Crippen molar-refractivity contribution >= 4 is 15.9 Å². The van der Waals surface area contributed by atoms with Gasteiger partial charge in [0.15, 0.2) is 0 Å². The fourth-order valence-electron chi connectivity index (χ4n) is 2.36. The van der Waals surface area contributed by atoms with Gasteiger partial charge in [0.2, 0.25) is 0 Å². The maximum atomic E-state index is 10.9. The Labute approximate surface area is 134 Å². The topological polar surface area (TPSA) is 29.5 Å². The molecule has 0 aliphatic carbocycles. The zero-order chi connectivity index (χ0) is 15.6. The number of benzene rings is 2. The third kappa shape index (κ3) is 3.66. The van der Waals surface area contributed by atoms with Crippen LogP contribution >= 0.6 is 15.9 Å². The molecular formula is C18H21BrO2. The molecule has 0 fully saturated rings. The summed E-state index contributed by atoms with van der Waals surface area (Å²) in [6, 6.07) is 11.9. The number of methoxy groups -OCH3 is 1. The summed E-state index contributed by atoms with van der Waals surface area (Å²) in [6.45, 7) is 5.99. The standard InChI is InChI=1S/C18H21BrO2/c1-12-5-6-15(9-13(12)2)18(3,20)11-14-10-16(21-4)7-8-17(14)19/h5-10,20H,11H2,1-4H3. The van der Waals surface area contributed by atoms with Crippen molar-refractivity contribution in [1.82, 2.24) is 0 Å². The zero-order valence-corrected chi connectivity index (χ0v) is 14.5. The van der Waals surface area contributed by atoms with Crippen molar-refractivity contribution in [2.75, 3.05) is 7.11 Å². The van der Waals surface area contributed by atoms with Crippen molar-refractivity contribution < 1.29 is 9.84 Å². The zero-order valence-electron chi connectivity index (χ0n) is 12.9. The monoisotopic (exact) mass is 348 g/mol. The van der Waals surface area contributed by atoms with Gasteiger partial charge in [-0.2, -0.15) is 0 Å². The lowest BCUT2D eigenvalue weighted by atomic mass is 9.87. The maximum absolute atomic E-state index is 10.9. The third-order valence-electron chi connectivity index (χ3n) is 3.92. The number of rotatable bonds is 4. The van der Waals surface area contributed by atoms with Gasteiger partial charge < -0.3 is 9.84 Å². The lowest BCUT2D eigenvalue weighted by molar-refractivity contribution is 0.0573. The van der Waals surface area contributed by atoms with Crippen LogP contribution in [0.25, 0.3) is 0 Å². The van der Waals surface area contributed by atoms with E-state index in [2.05, 4.69) is 41.9 Å².